The number of carbonyl (C=O) groups is 1. The van der Waals surface area contributed by atoms with Gasteiger partial charge in [-0.2, -0.15) is 0 Å². The first-order valence-corrected chi connectivity index (χ1v) is 13.2. The third kappa shape index (κ3) is 5.14. The lowest BCUT2D eigenvalue weighted by Crippen LogP contribution is -2.53. The number of ether oxygens (including phenoxy) is 1. The highest BCUT2D eigenvalue weighted by Gasteiger charge is 2.53. The smallest absolute Gasteiger partial charge is 0.223 e. The maximum absolute atomic E-state index is 12.7. The van der Waals surface area contributed by atoms with Crippen LogP contribution in [0.3, 0.4) is 0 Å². The fraction of sp³-hybridized carbons (Fsp3) is 0.654. The fourth-order valence-electron chi connectivity index (χ4n) is 6.10. The van der Waals surface area contributed by atoms with E-state index in [1.54, 1.807) is 18.4 Å². The first-order chi connectivity index (χ1) is 16.3. The van der Waals surface area contributed by atoms with Crippen LogP contribution in [0.4, 0.5) is 5.13 Å². The largest absolute Gasteiger partial charge is 0.392 e. The van der Waals surface area contributed by atoms with Gasteiger partial charge in [-0.1, -0.05) is 26.8 Å². The fourth-order valence-corrected chi connectivity index (χ4v) is 7.39. The van der Waals surface area contributed by atoms with Crippen molar-refractivity contribution in [3.8, 4) is 0 Å². The molecule has 0 aromatic carbocycles. The van der Waals surface area contributed by atoms with E-state index in [-0.39, 0.29) is 35.0 Å². The van der Waals surface area contributed by atoms with Gasteiger partial charge in [0.05, 0.1) is 18.4 Å². The molecule has 1 saturated carbocycles. The first kappa shape index (κ1) is 25.1. The van der Waals surface area contributed by atoms with E-state index in [0.29, 0.717) is 13.2 Å². The predicted octanol–water partition coefficient (Wildman–Crippen LogP) is 3.64. The van der Waals surface area contributed by atoms with Gasteiger partial charge in [0.15, 0.2) is 5.13 Å². The molecule has 0 bridgehead atoms. The van der Waals surface area contributed by atoms with Gasteiger partial charge in [0, 0.05) is 55.2 Å². The zero-order chi connectivity index (χ0) is 24.3. The Morgan fingerprint density at radius 2 is 2.21 bits per heavy atom. The van der Waals surface area contributed by atoms with Gasteiger partial charge >= 0.3 is 0 Å². The first-order valence-electron chi connectivity index (χ1n) is 12.4. The van der Waals surface area contributed by atoms with E-state index in [4.69, 9.17) is 9.72 Å². The van der Waals surface area contributed by atoms with Gasteiger partial charge < -0.3 is 20.5 Å². The van der Waals surface area contributed by atoms with Crippen molar-refractivity contribution < 1.29 is 14.6 Å². The van der Waals surface area contributed by atoms with E-state index < -0.39 is 6.10 Å². The van der Waals surface area contributed by atoms with Crippen LogP contribution in [0.15, 0.2) is 24.4 Å². The average Bonchev–Trinajstić information content (AvgIpc) is 3.22. The molecule has 2 aromatic heterocycles. The molecule has 3 N–H and O–H groups in total. The number of rotatable bonds is 9. The van der Waals surface area contributed by atoms with Crippen molar-refractivity contribution in [1.82, 2.24) is 15.3 Å². The lowest BCUT2D eigenvalue weighted by atomic mass is 9.53. The third-order valence-corrected chi connectivity index (χ3v) is 9.00. The van der Waals surface area contributed by atoms with Gasteiger partial charge in [0.25, 0.3) is 0 Å². The van der Waals surface area contributed by atoms with Crippen molar-refractivity contribution in [3.63, 3.8) is 0 Å². The molecule has 7 nitrogen and oxygen atoms in total. The summed E-state index contributed by atoms with van der Waals surface area (Å²) < 4.78 is 5.04. The van der Waals surface area contributed by atoms with E-state index in [1.165, 1.54) is 4.88 Å². The number of amides is 1. The van der Waals surface area contributed by atoms with Crippen LogP contribution in [0.5, 0.6) is 0 Å². The van der Waals surface area contributed by atoms with Crippen LogP contribution in [0.2, 0.25) is 0 Å². The molecule has 2 aliphatic rings. The molecule has 8 heteroatoms. The normalized spacial score (nSPS) is 29.1. The topological polar surface area (TPSA) is 96.4 Å². The van der Waals surface area contributed by atoms with Crippen LogP contribution in [0.1, 0.15) is 55.8 Å². The van der Waals surface area contributed by atoms with E-state index in [1.807, 2.05) is 31.3 Å². The van der Waals surface area contributed by atoms with Crippen LogP contribution in [0.25, 0.3) is 0 Å². The number of thiazole rings is 1. The second-order valence-corrected chi connectivity index (χ2v) is 11.3. The van der Waals surface area contributed by atoms with E-state index in [2.05, 4.69) is 29.5 Å². The van der Waals surface area contributed by atoms with E-state index in [9.17, 15) is 9.90 Å². The van der Waals surface area contributed by atoms with E-state index >= 15 is 0 Å². The van der Waals surface area contributed by atoms with Gasteiger partial charge in [-0.3, -0.25) is 9.78 Å². The molecule has 0 spiro atoms. The number of hydrogen-bond acceptors (Lipinski definition) is 7. The van der Waals surface area contributed by atoms with Crippen LogP contribution >= 0.6 is 11.3 Å². The molecule has 0 radical (unpaired) electrons. The summed E-state index contributed by atoms with van der Waals surface area (Å²) in [5.41, 5.74) is 2.20. The summed E-state index contributed by atoms with van der Waals surface area (Å²) in [6.07, 6.45) is 4.97. The molecule has 2 aromatic rings. The Bertz CT molecular complexity index is 968. The van der Waals surface area contributed by atoms with Gasteiger partial charge in [-0.15, -0.1) is 11.3 Å². The Kier molecular flexibility index (Phi) is 7.90. The number of aromatic nitrogens is 2. The molecule has 0 aliphatic heterocycles. The summed E-state index contributed by atoms with van der Waals surface area (Å²) in [5.74, 6) is -0.0280. The van der Waals surface area contributed by atoms with E-state index in [0.717, 1.165) is 48.7 Å². The lowest BCUT2D eigenvalue weighted by Gasteiger charge is -2.53. The molecule has 1 fully saturated rings. The third-order valence-electron chi connectivity index (χ3n) is 7.97. The minimum Gasteiger partial charge on any atom is -0.392 e. The molecule has 6 atom stereocenters. The van der Waals surface area contributed by atoms with Gasteiger partial charge in [-0.05, 0) is 48.6 Å². The highest BCUT2D eigenvalue weighted by atomic mass is 32.1. The van der Waals surface area contributed by atoms with Crippen molar-refractivity contribution in [2.45, 2.75) is 58.5 Å². The highest BCUT2D eigenvalue weighted by Crippen LogP contribution is 2.57. The number of hydrogen-bond donors (Lipinski definition) is 3. The summed E-state index contributed by atoms with van der Waals surface area (Å²) in [6.45, 7) is 8.25. The van der Waals surface area contributed by atoms with Crippen LogP contribution in [0, 0.1) is 23.2 Å². The van der Waals surface area contributed by atoms with Crippen LogP contribution < -0.4 is 10.6 Å². The summed E-state index contributed by atoms with van der Waals surface area (Å²) in [5, 5.41) is 18.9. The Balaban J connectivity index is 1.44. The number of pyridine rings is 1. The molecule has 1 amide bonds. The van der Waals surface area contributed by atoms with Gasteiger partial charge in [0.2, 0.25) is 5.91 Å². The second kappa shape index (κ2) is 10.7. The quantitative estimate of drug-likeness (QED) is 0.468. The number of methoxy groups -OCH3 is 1. The molecule has 4 rings (SSSR count). The molecule has 186 valence electrons. The van der Waals surface area contributed by atoms with Crippen LogP contribution in [-0.2, 0) is 22.4 Å². The van der Waals surface area contributed by atoms with Gasteiger partial charge in [-0.25, -0.2) is 4.98 Å². The average molecular weight is 487 g/mol. The number of fused-ring (bicyclic) bond motifs is 2. The standard InChI is InChI=1S/C26H38N4O3S/c1-16(24(32)28-13-14-33-4)19-8-10-26(3)15-20-22(17(2)21(26)23(19)31)30-25(34-20)29-12-9-18-7-5-6-11-27-18/h5-7,11,16-17,19,21,23,31H,8-10,12-15H2,1-4H3,(H,28,32)(H,29,30)/t16-,17-,19+,21+,23-,26-/m0/s1. The maximum atomic E-state index is 12.7. The molecular formula is C26H38N4O3S. The zero-order valence-corrected chi connectivity index (χ0v) is 21.5. The SMILES string of the molecule is COCCNC(=O)[C@@H](C)[C@H]1CC[C@@]2(C)Cc3sc(NCCc4ccccn4)nc3[C@@H](C)[C@@H]2[C@H]1O. The van der Waals surface area contributed by atoms with Crippen molar-refractivity contribution in [3.05, 3.63) is 40.7 Å². The summed E-state index contributed by atoms with van der Waals surface area (Å²) in [4.78, 5) is 23.4. The minimum atomic E-state index is -0.521. The number of nitrogens with zero attached hydrogens (tertiary/aromatic N) is 2. The number of nitrogens with one attached hydrogen (secondary N) is 2. The Labute approximate surface area is 206 Å². The molecule has 2 aliphatic carbocycles. The number of aliphatic hydroxyl groups is 1. The summed E-state index contributed by atoms with van der Waals surface area (Å²) in [6, 6.07) is 5.98. The summed E-state index contributed by atoms with van der Waals surface area (Å²) in [7, 11) is 1.62. The number of carbonyl (C=O) groups excluding carboxylic acids is 1. The second-order valence-electron chi connectivity index (χ2n) is 10.2. The maximum Gasteiger partial charge on any atom is 0.223 e. The molecule has 34 heavy (non-hydrogen) atoms. The molecular weight excluding hydrogens is 448 g/mol. The summed E-state index contributed by atoms with van der Waals surface area (Å²) >= 11 is 1.75. The van der Waals surface area contributed by atoms with Crippen molar-refractivity contribution in [2.24, 2.45) is 23.2 Å². The van der Waals surface area contributed by atoms with Crippen LogP contribution in [-0.4, -0.2) is 53.9 Å². The highest BCUT2D eigenvalue weighted by molar-refractivity contribution is 7.15. The zero-order valence-electron chi connectivity index (χ0n) is 20.7. The monoisotopic (exact) mass is 486 g/mol. The van der Waals surface area contributed by atoms with Gasteiger partial charge in [0.1, 0.15) is 0 Å². The van der Waals surface area contributed by atoms with Crippen molar-refractivity contribution in [2.75, 3.05) is 32.1 Å². The molecule has 0 saturated heterocycles. The lowest BCUT2D eigenvalue weighted by molar-refractivity contribution is -0.135. The Morgan fingerprint density at radius 1 is 1.38 bits per heavy atom. The Morgan fingerprint density at radius 3 is 2.94 bits per heavy atom. The minimum absolute atomic E-state index is 0.00176. The number of anilines is 1. The van der Waals surface area contributed by atoms with Crippen molar-refractivity contribution in [1.29, 1.82) is 0 Å². The number of aliphatic hydroxyl groups excluding tert-OH is 1. The van der Waals surface area contributed by atoms with Crippen molar-refractivity contribution >= 4 is 22.4 Å². The predicted molar refractivity (Wildman–Crippen MR) is 135 cm³/mol. The molecule has 0 unspecified atom stereocenters. The Hall–Kier alpha value is -2.03. The molecule has 2 heterocycles.